The number of aliphatic hydroxyl groups excluding tert-OH is 1. The predicted octanol–water partition coefficient (Wildman–Crippen LogP) is 4.31. The van der Waals surface area contributed by atoms with Crippen LogP contribution in [0.15, 0.2) is 54.7 Å². The molecule has 0 saturated carbocycles. The number of nitrogens with zero attached hydrogens (tertiary/aromatic N) is 1. The van der Waals surface area contributed by atoms with Gasteiger partial charge in [0.1, 0.15) is 5.82 Å². The monoisotopic (exact) mass is 297 g/mol. The molecule has 2 unspecified atom stereocenters. The first-order valence-corrected chi connectivity index (χ1v) is 7.63. The Labute approximate surface area is 129 Å². The van der Waals surface area contributed by atoms with Crippen molar-refractivity contribution < 1.29 is 9.50 Å². The zero-order valence-corrected chi connectivity index (χ0v) is 12.8. The summed E-state index contributed by atoms with van der Waals surface area (Å²) in [5, 5.41) is 11.5. The van der Waals surface area contributed by atoms with Crippen molar-refractivity contribution in [1.82, 2.24) is 4.57 Å². The van der Waals surface area contributed by atoms with E-state index in [0.717, 1.165) is 17.5 Å². The van der Waals surface area contributed by atoms with Crippen molar-refractivity contribution in [3.63, 3.8) is 0 Å². The van der Waals surface area contributed by atoms with E-state index in [1.165, 1.54) is 23.1 Å². The third-order valence-corrected chi connectivity index (χ3v) is 4.15. The Morgan fingerprint density at radius 3 is 2.59 bits per heavy atom. The first-order valence-electron chi connectivity index (χ1n) is 7.63. The van der Waals surface area contributed by atoms with Crippen LogP contribution in [-0.4, -0.2) is 15.8 Å². The smallest absolute Gasteiger partial charge is 0.123 e. The zero-order valence-electron chi connectivity index (χ0n) is 12.8. The molecule has 0 amide bonds. The highest BCUT2D eigenvalue weighted by atomic mass is 19.1. The molecule has 1 aromatic heterocycles. The van der Waals surface area contributed by atoms with E-state index in [4.69, 9.17) is 0 Å². The molecule has 2 nitrogen and oxygen atoms in total. The van der Waals surface area contributed by atoms with Gasteiger partial charge in [0, 0.05) is 17.1 Å². The molecule has 3 heteroatoms. The van der Waals surface area contributed by atoms with E-state index in [0.29, 0.717) is 0 Å². The minimum Gasteiger partial charge on any atom is -0.391 e. The summed E-state index contributed by atoms with van der Waals surface area (Å²) in [6.45, 7) is 3.86. The van der Waals surface area contributed by atoms with Gasteiger partial charge in [-0.25, -0.2) is 4.39 Å². The van der Waals surface area contributed by atoms with Crippen molar-refractivity contribution in [1.29, 1.82) is 0 Å². The Balaban J connectivity index is 2.21. The normalized spacial score (nSPS) is 14.2. The summed E-state index contributed by atoms with van der Waals surface area (Å²) in [5.74, 6) is -0.282. The molecule has 114 valence electrons. The Hall–Kier alpha value is -2.13. The fourth-order valence-electron chi connectivity index (χ4n) is 3.15. The topological polar surface area (TPSA) is 25.2 Å². The van der Waals surface area contributed by atoms with E-state index in [9.17, 15) is 9.50 Å². The number of para-hydroxylation sites is 1. The molecule has 0 aliphatic heterocycles. The van der Waals surface area contributed by atoms with Crippen LogP contribution in [0.5, 0.6) is 0 Å². The van der Waals surface area contributed by atoms with Gasteiger partial charge in [-0.3, -0.25) is 0 Å². The van der Waals surface area contributed by atoms with Gasteiger partial charge >= 0.3 is 0 Å². The molecule has 0 radical (unpaired) electrons. The number of rotatable bonds is 4. The van der Waals surface area contributed by atoms with Crippen LogP contribution in [0, 0.1) is 5.82 Å². The van der Waals surface area contributed by atoms with Crippen LogP contribution in [0.25, 0.3) is 10.9 Å². The van der Waals surface area contributed by atoms with Gasteiger partial charge in [-0.15, -0.1) is 0 Å². The average Bonchev–Trinajstić information content (AvgIpc) is 2.86. The maximum atomic E-state index is 13.6. The Bertz CT molecular complexity index is 791. The Morgan fingerprint density at radius 1 is 1.14 bits per heavy atom. The molecule has 0 fully saturated rings. The van der Waals surface area contributed by atoms with E-state index >= 15 is 0 Å². The molecule has 3 rings (SSSR count). The third-order valence-electron chi connectivity index (χ3n) is 4.15. The number of aliphatic hydroxyl groups is 1. The molecular formula is C19H20FNO. The molecule has 22 heavy (non-hydrogen) atoms. The van der Waals surface area contributed by atoms with Gasteiger partial charge in [-0.1, -0.05) is 37.3 Å². The molecule has 0 spiro atoms. The fourth-order valence-corrected chi connectivity index (χ4v) is 3.15. The second kappa shape index (κ2) is 5.93. The summed E-state index contributed by atoms with van der Waals surface area (Å²) in [4.78, 5) is 0. The van der Waals surface area contributed by atoms with Crippen LogP contribution < -0.4 is 0 Å². The van der Waals surface area contributed by atoms with Crippen molar-refractivity contribution >= 4 is 10.9 Å². The van der Waals surface area contributed by atoms with E-state index in [1.807, 2.05) is 24.3 Å². The number of aromatic nitrogens is 1. The van der Waals surface area contributed by atoms with E-state index in [-0.39, 0.29) is 11.9 Å². The lowest BCUT2D eigenvalue weighted by Gasteiger charge is -2.23. The summed E-state index contributed by atoms with van der Waals surface area (Å²) in [5.41, 5.74) is 3.07. The number of hydrogen-bond donors (Lipinski definition) is 1. The number of aryl methyl sites for hydroxylation is 1. The van der Waals surface area contributed by atoms with Crippen molar-refractivity contribution in [3.8, 4) is 0 Å². The minimum absolute atomic E-state index is 0.282. The summed E-state index contributed by atoms with van der Waals surface area (Å²) in [7, 11) is 0. The number of halogens is 1. The minimum atomic E-state index is -0.623. The van der Waals surface area contributed by atoms with Gasteiger partial charge in [0.15, 0.2) is 0 Å². The van der Waals surface area contributed by atoms with Gasteiger partial charge in [-0.05, 0) is 42.7 Å². The number of fused-ring (bicyclic) bond motifs is 1. The summed E-state index contributed by atoms with van der Waals surface area (Å²) >= 11 is 0. The fraction of sp³-hybridized carbons (Fsp3) is 0.263. The van der Waals surface area contributed by atoms with E-state index in [2.05, 4.69) is 23.8 Å². The van der Waals surface area contributed by atoms with Crippen molar-refractivity contribution in [2.24, 2.45) is 0 Å². The molecule has 2 aromatic carbocycles. The van der Waals surface area contributed by atoms with Crippen LogP contribution in [0.3, 0.4) is 0 Å². The molecule has 0 bridgehead atoms. The standard InChI is InChI=1S/C19H20FNO/c1-3-14-12-21(18-10-5-4-9-17(14)18)19(13(2)22)15-7-6-8-16(20)11-15/h4-13,19,22H,3H2,1-2H3. The summed E-state index contributed by atoms with van der Waals surface area (Å²) in [6.07, 6.45) is 2.37. The molecule has 0 saturated heterocycles. The van der Waals surface area contributed by atoms with Crippen molar-refractivity contribution in [2.45, 2.75) is 32.4 Å². The van der Waals surface area contributed by atoms with Gasteiger partial charge < -0.3 is 9.67 Å². The Kier molecular flexibility index (Phi) is 3.99. The first kappa shape index (κ1) is 14.8. The van der Waals surface area contributed by atoms with Crippen LogP contribution in [0.4, 0.5) is 4.39 Å². The maximum absolute atomic E-state index is 13.6. The predicted molar refractivity (Wildman–Crippen MR) is 87.5 cm³/mol. The van der Waals surface area contributed by atoms with Gasteiger partial charge in [-0.2, -0.15) is 0 Å². The lowest BCUT2D eigenvalue weighted by Crippen LogP contribution is -2.22. The molecule has 2 atom stereocenters. The number of benzene rings is 2. The zero-order chi connectivity index (χ0) is 15.7. The second-order valence-corrected chi connectivity index (χ2v) is 5.67. The Morgan fingerprint density at radius 2 is 1.91 bits per heavy atom. The molecular weight excluding hydrogens is 277 g/mol. The maximum Gasteiger partial charge on any atom is 0.123 e. The molecule has 1 heterocycles. The van der Waals surface area contributed by atoms with Gasteiger partial charge in [0.25, 0.3) is 0 Å². The van der Waals surface area contributed by atoms with Gasteiger partial charge in [0.05, 0.1) is 12.1 Å². The van der Waals surface area contributed by atoms with Gasteiger partial charge in [0.2, 0.25) is 0 Å². The average molecular weight is 297 g/mol. The highest BCUT2D eigenvalue weighted by Gasteiger charge is 2.22. The SMILES string of the molecule is CCc1cn(C(c2cccc(F)c2)C(C)O)c2ccccc12. The highest BCUT2D eigenvalue weighted by Crippen LogP contribution is 2.30. The summed E-state index contributed by atoms with van der Waals surface area (Å²) in [6, 6.07) is 14.3. The number of hydrogen-bond acceptors (Lipinski definition) is 1. The van der Waals surface area contributed by atoms with E-state index < -0.39 is 6.10 Å². The molecule has 3 aromatic rings. The largest absolute Gasteiger partial charge is 0.391 e. The van der Waals surface area contributed by atoms with Crippen LogP contribution >= 0.6 is 0 Å². The highest BCUT2D eigenvalue weighted by molar-refractivity contribution is 5.84. The molecule has 1 N–H and O–H groups in total. The molecule has 0 aliphatic carbocycles. The first-order chi connectivity index (χ1) is 10.6. The van der Waals surface area contributed by atoms with Crippen molar-refractivity contribution in [2.75, 3.05) is 0 Å². The van der Waals surface area contributed by atoms with Crippen LogP contribution in [-0.2, 0) is 6.42 Å². The lowest BCUT2D eigenvalue weighted by atomic mass is 10.0. The molecule has 0 aliphatic rings. The van der Waals surface area contributed by atoms with Crippen LogP contribution in [0.1, 0.15) is 31.0 Å². The summed E-state index contributed by atoms with van der Waals surface area (Å²) < 4.78 is 15.7. The second-order valence-electron chi connectivity index (χ2n) is 5.67. The third kappa shape index (κ3) is 2.53. The van der Waals surface area contributed by atoms with Crippen LogP contribution in [0.2, 0.25) is 0 Å². The quantitative estimate of drug-likeness (QED) is 0.762. The lowest BCUT2D eigenvalue weighted by molar-refractivity contribution is 0.150. The van der Waals surface area contributed by atoms with Crippen molar-refractivity contribution in [3.05, 3.63) is 71.7 Å². The van der Waals surface area contributed by atoms with E-state index in [1.54, 1.807) is 13.0 Å².